The summed E-state index contributed by atoms with van der Waals surface area (Å²) in [6, 6.07) is 23.0. The summed E-state index contributed by atoms with van der Waals surface area (Å²) >= 11 is 6.09. The summed E-state index contributed by atoms with van der Waals surface area (Å²) in [5.41, 5.74) is 5.01. The first kappa shape index (κ1) is 28.2. The lowest BCUT2D eigenvalue weighted by molar-refractivity contribution is -0.132. The largest absolute Gasteiger partial charge is 0.385 e. The van der Waals surface area contributed by atoms with Crippen molar-refractivity contribution < 1.29 is 14.3 Å². The number of carbonyl (C=O) groups excluding carboxylic acids is 2. The Morgan fingerprint density at radius 2 is 1.77 bits per heavy atom. The molecule has 0 aliphatic carbocycles. The van der Waals surface area contributed by atoms with E-state index in [1.807, 2.05) is 60.5 Å². The Morgan fingerprint density at radius 1 is 0.974 bits per heavy atom. The van der Waals surface area contributed by atoms with Gasteiger partial charge in [0, 0.05) is 61.2 Å². The van der Waals surface area contributed by atoms with Gasteiger partial charge in [0.25, 0.3) is 0 Å². The molecule has 3 aromatic carbocycles. The van der Waals surface area contributed by atoms with Crippen LogP contribution in [0, 0.1) is 6.92 Å². The molecule has 7 nitrogen and oxygen atoms in total. The number of fused-ring (bicyclic) bond motifs is 1. The second-order valence-electron chi connectivity index (χ2n) is 9.62. The summed E-state index contributed by atoms with van der Waals surface area (Å²) < 4.78 is 5.19. The highest BCUT2D eigenvalue weighted by Crippen LogP contribution is 2.20. The molecule has 2 N–H and O–H groups in total. The first-order valence-corrected chi connectivity index (χ1v) is 13.5. The van der Waals surface area contributed by atoms with Gasteiger partial charge in [-0.25, -0.2) is 4.79 Å². The van der Waals surface area contributed by atoms with Crippen molar-refractivity contribution in [3.63, 3.8) is 0 Å². The van der Waals surface area contributed by atoms with Gasteiger partial charge in [-0.1, -0.05) is 65.7 Å². The van der Waals surface area contributed by atoms with Gasteiger partial charge in [-0.05, 0) is 55.2 Å². The van der Waals surface area contributed by atoms with Crippen molar-refractivity contribution in [1.82, 2.24) is 14.8 Å². The topological polar surface area (TPSA) is 77.7 Å². The number of carbonyl (C=O) groups is 2. The minimum absolute atomic E-state index is 0.0458. The number of hydrogen-bond donors (Lipinski definition) is 2. The molecule has 0 atom stereocenters. The highest BCUT2D eigenvalue weighted by Gasteiger charge is 2.22. The van der Waals surface area contributed by atoms with Gasteiger partial charge in [0.15, 0.2) is 0 Å². The average Bonchev–Trinajstić information content (AvgIpc) is 3.34. The van der Waals surface area contributed by atoms with Gasteiger partial charge < -0.3 is 24.8 Å². The standard InChI is InChI=1S/C31H35ClN4O3/c1-23-11-13-24(14-12-23)21-35(17-15-25-20-33-29-10-4-3-9-28(25)29)30(37)22-36(16-6-18-39-2)31(38)34-27-8-5-7-26(32)19-27/h3-5,7-14,19-20,33H,6,15-18,21-22H2,1-2H3,(H,34,38). The first-order chi connectivity index (χ1) is 18.9. The number of H-pyrrole nitrogens is 1. The molecule has 0 fully saturated rings. The van der Waals surface area contributed by atoms with Crippen LogP contribution in [0.1, 0.15) is 23.1 Å². The van der Waals surface area contributed by atoms with Gasteiger partial charge in [0.1, 0.15) is 6.54 Å². The van der Waals surface area contributed by atoms with Crippen LogP contribution in [0.3, 0.4) is 0 Å². The lowest BCUT2D eigenvalue weighted by Gasteiger charge is -2.28. The number of para-hydroxylation sites is 1. The second-order valence-corrected chi connectivity index (χ2v) is 10.1. The molecule has 0 aliphatic rings. The van der Waals surface area contributed by atoms with Crippen LogP contribution >= 0.6 is 11.6 Å². The molecule has 1 heterocycles. The van der Waals surface area contributed by atoms with E-state index in [0.29, 0.717) is 49.8 Å². The Balaban J connectivity index is 1.51. The normalized spacial score (nSPS) is 10.9. The molecule has 0 saturated carbocycles. The van der Waals surface area contributed by atoms with Crippen molar-refractivity contribution in [2.24, 2.45) is 0 Å². The van der Waals surface area contributed by atoms with E-state index in [9.17, 15) is 9.59 Å². The highest BCUT2D eigenvalue weighted by atomic mass is 35.5. The number of rotatable bonds is 12. The van der Waals surface area contributed by atoms with E-state index in [1.165, 1.54) is 4.90 Å². The predicted octanol–water partition coefficient (Wildman–Crippen LogP) is 6.27. The minimum atomic E-state index is -0.353. The van der Waals surface area contributed by atoms with E-state index >= 15 is 0 Å². The van der Waals surface area contributed by atoms with Gasteiger partial charge in [0.2, 0.25) is 5.91 Å². The zero-order valence-corrected chi connectivity index (χ0v) is 23.2. The first-order valence-electron chi connectivity index (χ1n) is 13.1. The summed E-state index contributed by atoms with van der Waals surface area (Å²) in [6.45, 7) is 3.85. The molecule has 4 aromatic rings. The Morgan fingerprint density at radius 3 is 2.54 bits per heavy atom. The molecule has 0 bridgehead atoms. The number of aryl methyl sites for hydroxylation is 1. The van der Waals surface area contributed by atoms with E-state index in [-0.39, 0.29) is 18.5 Å². The Hall–Kier alpha value is -3.81. The van der Waals surface area contributed by atoms with Gasteiger partial charge in [0.05, 0.1) is 0 Å². The lowest BCUT2D eigenvalue weighted by Crippen LogP contribution is -2.45. The molecular weight excluding hydrogens is 512 g/mol. The molecule has 0 unspecified atom stereocenters. The zero-order chi connectivity index (χ0) is 27.6. The van der Waals surface area contributed by atoms with Crippen molar-refractivity contribution in [2.75, 3.05) is 38.7 Å². The number of ether oxygens (including phenoxy) is 1. The molecule has 39 heavy (non-hydrogen) atoms. The summed E-state index contributed by atoms with van der Waals surface area (Å²) in [4.78, 5) is 33.6. The lowest BCUT2D eigenvalue weighted by atomic mass is 10.1. The average molecular weight is 547 g/mol. The predicted molar refractivity (Wildman–Crippen MR) is 157 cm³/mol. The number of aromatic amines is 1. The van der Waals surface area contributed by atoms with Crippen LogP contribution in [-0.4, -0.2) is 60.1 Å². The Bertz CT molecular complexity index is 1390. The van der Waals surface area contributed by atoms with Crippen LogP contribution in [-0.2, 0) is 22.5 Å². The van der Waals surface area contributed by atoms with Gasteiger partial charge >= 0.3 is 6.03 Å². The van der Waals surface area contributed by atoms with Crippen molar-refractivity contribution in [2.45, 2.75) is 26.3 Å². The van der Waals surface area contributed by atoms with Crippen molar-refractivity contribution in [1.29, 1.82) is 0 Å². The molecule has 1 aromatic heterocycles. The van der Waals surface area contributed by atoms with E-state index in [4.69, 9.17) is 16.3 Å². The fourth-order valence-corrected chi connectivity index (χ4v) is 4.67. The maximum atomic E-state index is 13.7. The number of anilines is 1. The molecule has 3 amide bonds. The molecule has 0 spiro atoms. The summed E-state index contributed by atoms with van der Waals surface area (Å²) in [5.74, 6) is -0.117. The van der Waals surface area contributed by atoms with Crippen LogP contribution < -0.4 is 5.32 Å². The summed E-state index contributed by atoms with van der Waals surface area (Å²) in [6.07, 6.45) is 3.31. The van der Waals surface area contributed by atoms with E-state index in [0.717, 1.165) is 27.6 Å². The van der Waals surface area contributed by atoms with Crippen molar-refractivity contribution in [3.05, 3.63) is 101 Å². The smallest absolute Gasteiger partial charge is 0.322 e. The fraction of sp³-hybridized carbons (Fsp3) is 0.290. The summed E-state index contributed by atoms with van der Waals surface area (Å²) in [5, 5.41) is 4.55. The van der Waals surface area contributed by atoms with E-state index in [1.54, 1.807) is 31.4 Å². The van der Waals surface area contributed by atoms with Crippen LogP contribution in [0.4, 0.5) is 10.5 Å². The van der Waals surface area contributed by atoms with Crippen LogP contribution in [0.15, 0.2) is 79.0 Å². The molecule has 0 radical (unpaired) electrons. The molecule has 4 rings (SSSR count). The molecule has 204 valence electrons. The van der Waals surface area contributed by atoms with Gasteiger partial charge in [-0.15, -0.1) is 0 Å². The van der Waals surface area contributed by atoms with Crippen LogP contribution in [0.2, 0.25) is 5.02 Å². The number of hydrogen-bond acceptors (Lipinski definition) is 3. The second kappa shape index (κ2) is 13.8. The molecular formula is C31H35ClN4O3. The van der Waals surface area contributed by atoms with Gasteiger partial charge in [-0.2, -0.15) is 0 Å². The number of benzene rings is 3. The third-order valence-corrected chi connectivity index (χ3v) is 6.87. The molecule has 0 aliphatic heterocycles. The number of methoxy groups -OCH3 is 1. The van der Waals surface area contributed by atoms with Crippen molar-refractivity contribution in [3.8, 4) is 0 Å². The Kier molecular flexibility index (Phi) is 10.00. The fourth-order valence-electron chi connectivity index (χ4n) is 4.48. The zero-order valence-electron chi connectivity index (χ0n) is 22.5. The Labute approximate surface area is 234 Å². The number of halogens is 1. The quantitative estimate of drug-likeness (QED) is 0.205. The highest BCUT2D eigenvalue weighted by molar-refractivity contribution is 6.30. The third-order valence-electron chi connectivity index (χ3n) is 6.64. The van der Waals surface area contributed by atoms with Gasteiger partial charge in [-0.3, -0.25) is 4.79 Å². The number of urea groups is 1. The minimum Gasteiger partial charge on any atom is -0.385 e. The summed E-state index contributed by atoms with van der Waals surface area (Å²) in [7, 11) is 1.62. The molecule has 0 saturated heterocycles. The third kappa shape index (κ3) is 8.09. The monoisotopic (exact) mass is 546 g/mol. The SMILES string of the molecule is COCCCN(CC(=O)N(CCc1c[nH]c2ccccc12)Cc1ccc(C)cc1)C(=O)Nc1cccc(Cl)c1. The molecule has 8 heteroatoms. The van der Waals surface area contributed by atoms with Crippen molar-refractivity contribution >= 4 is 40.1 Å². The number of aromatic nitrogens is 1. The maximum absolute atomic E-state index is 13.7. The van der Waals surface area contributed by atoms with E-state index < -0.39 is 0 Å². The number of nitrogens with zero attached hydrogens (tertiary/aromatic N) is 2. The van der Waals surface area contributed by atoms with E-state index in [2.05, 4.69) is 16.4 Å². The number of nitrogens with one attached hydrogen (secondary N) is 2. The van der Waals surface area contributed by atoms with Crippen LogP contribution in [0.5, 0.6) is 0 Å². The maximum Gasteiger partial charge on any atom is 0.322 e. The van der Waals surface area contributed by atoms with Crippen LogP contribution in [0.25, 0.3) is 10.9 Å². The number of amides is 3.